The Bertz CT molecular complexity index is 1310. The van der Waals surface area contributed by atoms with Gasteiger partial charge in [0.05, 0.1) is 36.4 Å². The molecule has 1 saturated heterocycles. The van der Waals surface area contributed by atoms with E-state index in [2.05, 4.69) is 16.1 Å². The Hall–Kier alpha value is -3.23. The molecule has 8 heteroatoms. The summed E-state index contributed by atoms with van der Waals surface area (Å²) in [6, 6.07) is 5.88. The van der Waals surface area contributed by atoms with Crippen LogP contribution in [0.1, 0.15) is 52.1 Å². The number of allylic oxidation sites excluding steroid dienone is 1. The number of Topliss-reactive ketones (excluding diaryl/α,β-unsaturated/α-hetero) is 1. The first-order valence-electron chi connectivity index (χ1n) is 12.4. The van der Waals surface area contributed by atoms with Gasteiger partial charge < -0.3 is 4.74 Å². The van der Waals surface area contributed by atoms with Crippen LogP contribution < -0.4 is 0 Å². The fourth-order valence-corrected chi connectivity index (χ4v) is 5.24. The molecule has 1 aliphatic carbocycles. The first-order chi connectivity index (χ1) is 17.4. The van der Waals surface area contributed by atoms with Gasteiger partial charge >= 0.3 is 0 Å². The highest BCUT2D eigenvalue weighted by molar-refractivity contribution is 5.98. The molecule has 1 fully saturated rings. The van der Waals surface area contributed by atoms with Crippen LogP contribution in [0.5, 0.6) is 0 Å². The number of halogens is 2. The second-order valence-electron chi connectivity index (χ2n) is 9.57. The van der Waals surface area contributed by atoms with Crippen molar-refractivity contribution in [2.45, 2.75) is 45.6 Å². The number of ether oxygens (including phenoxy) is 1. The normalized spacial score (nSPS) is 18.8. The molecule has 0 bridgehead atoms. The zero-order valence-electron chi connectivity index (χ0n) is 20.6. The number of aromatic nitrogens is 3. The van der Waals surface area contributed by atoms with Crippen LogP contribution in [0.4, 0.5) is 8.78 Å². The highest BCUT2D eigenvalue weighted by atomic mass is 19.1. The lowest BCUT2D eigenvalue weighted by Gasteiger charge is -2.36. The van der Waals surface area contributed by atoms with Crippen molar-refractivity contribution in [3.05, 3.63) is 82.4 Å². The van der Waals surface area contributed by atoms with E-state index in [1.54, 1.807) is 13.1 Å². The van der Waals surface area contributed by atoms with Crippen molar-refractivity contribution in [1.82, 2.24) is 19.7 Å². The third kappa shape index (κ3) is 5.01. The van der Waals surface area contributed by atoms with Crippen LogP contribution in [-0.4, -0.2) is 57.8 Å². The highest BCUT2D eigenvalue weighted by Crippen LogP contribution is 2.30. The van der Waals surface area contributed by atoms with Crippen LogP contribution in [-0.2, 0) is 11.2 Å². The number of aryl methyl sites for hydroxylation is 1. The molecular weight excluding hydrogens is 462 g/mol. The maximum absolute atomic E-state index is 14.2. The number of nitrogens with zero attached hydrogens (tertiary/aromatic N) is 4. The van der Waals surface area contributed by atoms with E-state index in [1.165, 1.54) is 28.6 Å². The van der Waals surface area contributed by atoms with Gasteiger partial charge in [-0.1, -0.05) is 12.1 Å². The summed E-state index contributed by atoms with van der Waals surface area (Å²) in [4.78, 5) is 20.3. The zero-order valence-corrected chi connectivity index (χ0v) is 20.6. The molecule has 188 valence electrons. The van der Waals surface area contributed by atoms with Crippen LogP contribution in [0.15, 0.2) is 42.7 Å². The van der Waals surface area contributed by atoms with Crippen molar-refractivity contribution >= 4 is 11.4 Å². The smallest absolute Gasteiger partial charge is 0.170 e. The lowest BCUT2D eigenvalue weighted by Crippen LogP contribution is -2.43. The van der Waals surface area contributed by atoms with E-state index in [0.717, 1.165) is 68.5 Å². The zero-order chi connectivity index (χ0) is 25.2. The van der Waals surface area contributed by atoms with Gasteiger partial charge in [-0.05, 0) is 61.9 Å². The molecule has 0 amide bonds. The van der Waals surface area contributed by atoms with Gasteiger partial charge in [-0.3, -0.25) is 14.7 Å². The lowest BCUT2D eigenvalue weighted by molar-refractivity contribution is 0.0150. The van der Waals surface area contributed by atoms with Gasteiger partial charge in [0.15, 0.2) is 11.6 Å². The third-order valence-electron chi connectivity index (χ3n) is 7.20. The molecule has 5 rings (SSSR count). The minimum Gasteiger partial charge on any atom is -0.379 e. The van der Waals surface area contributed by atoms with Crippen molar-refractivity contribution in [2.24, 2.45) is 0 Å². The topological polar surface area (TPSA) is 60.2 Å². The molecule has 1 aliphatic heterocycles. The van der Waals surface area contributed by atoms with E-state index in [9.17, 15) is 13.6 Å². The summed E-state index contributed by atoms with van der Waals surface area (Å²) in [5.74, 6) is -1.52. The van der Waals surface area contributed by atoms with Gasteiger partial charge in [-0.25, -0.2) is 13.5 Å². The summed E-state index contributed by atoms with van der Waals surface area (Å²) in [5.41, 5.74) is 5.17. The Morgan fingerprint density at radius 3 is 2.64 bits per heavy atom. The molecule has 36 heavy (non-hydrogen) atoms. The van der Waals surface area contributed by atoms with Gasteiger partial charge in [-0.15, -0.1) is 0 Å². The van der Waals surface area contributed by atoms with Crippen molar-refractivity contribution in [2.75, 3.05) is 26.3 Å². The molecule has 1 atom stereocenters. The Balaban J connectivity index is 1.27. The number of ketones is 1. The molecule has 0 radical (unpaired) electrons. The molecule has 0 spiro atoms. The molecular formula is C28H30F2N4O2. The maximum atomic E-state index is 14.2. The average Bonchev–Trinajstić information content (AvgIpc) is 3.26. The summed E-state index contributed by atoms with van der Waals surface area (Å²) < 4.78 is 34.3. The van der Waals surface area contributed by atoms with Gasteiger partial charge in [0, 0.05) is 37.8 Å². The minimum absolute atomic E-state index is 0.103. The van der Waals surface area contributed by atoms with Crippen molar-refractivity contribution < 1.29 is 18.3 Å². The van der Waals surface area contributed by atoms with E-state index < -0.39 is 11.6 Å². The monoisotopic (exact) mass is 492 g/mol. The molecule has 3 heterocycles. The molecule has 0 saturated carbocycles. The molecule has 2 aromatic heterocycles. The Labute approximate surface area is 209 Å². The number of hydrogen-bond acceptors (Lipinski definition) is 5. The third-order valence-corrected chi connectivity index (χ3v) is 7.20. The summed E-state index contributed by atoms with van der Waals surface area (Å²) in [6.45, 7) is 7.38. The van der Waals surface area contributed by atoms with Crippen LogP contribution in [0.2, 0.25) is 0 Å². The Kier molecular flexibility index (Phi) is 7.07. The average molecular weight is 493 g/mol. The number of rotatable bonds is 6. The van der Waals surface area contributed by atoms with E-state index in [-0.39, 0.29) is 17.9 Å². The van der Waals surface area contributed by atoms with Crippen LogP contribution in [0, 0.1) is 25.5 Å². The summed E-state index contributed by atoms with van der Waals surface area (Å²) >= 11 is 0. The van der Waals surface area contributed by atoms with Crippen molar-refractivity contribution in [3.8, 4) is 5.69 Å². The second kappa shape index (κ2) is 10.4. The molecule has 2 aliphatic rings. The van der Waals surface area contributed by atoms with E-state index in [0.29, 0.717) is 17.3 Å². The molecule has 3 aromatic rings. The van der Waals surface area contributed by atoms with Crippen LogP contribution in [0.3, 0.4) is 0 Å². The molecule has 1 aromatic carbocycles. The number of pyridine rings is 1. The van der Waals surface area contributed by atoms with Gasteiger partial charge in [-0.2, -0.15) is 5.10 Å². The molecule has 0 N–H and O–H groups in total. The number of carbonyl (C=O) groups excluding carboxylic acids is 1. The van der Waals surface area contributed by atoms with Crippen LogP contribution >= 0.6 is 0 Å². The quantitative estimate of drug-likeness (QED) is 0.460. The Morgan fingerprint density at radius 2 is 1.94 bits per heavy atom. The predicted molar refractivity (Wildman–Crippen MR) is 133 cm³/mol. The minimum atomic E-state index is -0.733. The summed E-state index contributed by atoms with van der Waals surface area (Å²) in [6.07, 6.45) is 8.83. The molecule has 1 unspecified atom stereocenters. The summed E-state index contributed by atoms with van der Waals surface area (Å²) in [5, 5.41) is 4.17. The molecule has 6 nitrogen and oxygen atoms in total. The van der Waals surface area contributed by atoms with Gasteiger partial charge in [0.1, 0.15) is 11.5 Å². The van der Waals surface area contributed by atoms with Crippen molar-refractivity contribution in [3.63, 3.8) is 0 Å². The van der Waals surface area contributed by atoms with Crippen molar-refractivity contribution in [1.29, 1.82) is 0 Å². The SMILES string of the molecule is Cc1cc(CC(=O)c2cnn(-c3ccc(F)cc3F)c2C)cnc1C1=CCC(N2CCOCC2)CC1. The maximum Gasteiger partial charge on any atom is 0.170 e. The van der Waals surface area contributed by atoms with E-state index in [4.69, 9.17) is 9.72 Å². The summed E-state index contributed by atoms with van der Waals surface area (Å²) in [7, 11) is 0. The first kappa shape index (κ1) is 24.5. The standard InChI is InChI=1S/C28H30F2N4O2/c1-18-13-20(16-31-28(18)21-3-6-23(7-4-21)33-9-11-36-12-10-33)14-27(35)24-17-32-34(19(24)2)26-8-5-22(29)15-25(26)30/h3,5,8,13,15-17,23H,4,6-7,9-12,14H2,1-2H3. The largest absolute Gasteiger partial charge is 0.379 e. The predicted octanol–water partition coefficient (Wildman–Crippen LogP) is 4.86. The fourth-order valence-electron chi connectivity index (χ4n) is 5.24. The number of morpholine rings is 1. The van der Waals surface area contributed by atoms with Gasteiger partial charge in [0.25, 0.3) is 0 Å². The van der Waals surface area contributed by atoms with E-state index >= 15 is 0 Å². The lowest BCUT2D eigenvalue weighted by atomic mass is 9.90. The Morgan fingerprint density at radius 1 is 1.14 bits per heavy atom. The number of benzene rings is 1. The highest BCUT2D eigenvalue weighted by Gasteiger charge is 2.24. The van der Waals surface area contributed by atoms with Gasteiger partial charge in [0.2, 0.25) is 0 Å². The number of carbonyl (C=O) groups is 1. The first-order valence-corrected chi connectivity index (χ1v) is 12.4. The fraction of sp³-hybridized carbons (Fsp3) is 0.393. The number of hydrogen-bond donors (Lipinski definition) is 0. The van der Waals surface area contributed by atoms with E-state index in [1.807, 2.05) is 13.0 Å². The second-order valence-corrected chi connectivity index (χ2v) is 9.57. The van der Waals surface area contributed by atoms with Crippen LogP contribution in [0.25, 0.3) is 11.3 Å².